The number of carboxylic acid groups (broad SMARTS) is 1. The van der Waals surface area contributed by atoms with Crippen molar-refractivity contribution in [1.29, 1.82) is 0 Å². The summed E-state index contributed by atoms with van der Waals surface area (Å²) in [7, 11) is 0. The van der Waals surface area contributed by atoms with E-state index < -0.39 is 5.97 Å². The second kappa shape index (κ2) is 5.72. The number of nitrogens with zero attached hydrogens (tertiary/aromatic N) is 1. The third kappa shape index (κ3) is 3.03. The zero-order valence-corrected chi connectivity index (χ0v) is 11.1. The van der Waals surface area contributed by atoms with Gasteiger partial charge in [0.2, 0.25) is 5.91 Å². The number of rotatable bonds is 3. The number of carbonyl (C=O) groups is 2. The summed E-state index contributed by atoms with van der Waals surface area (Å²) < 4.78 is 0. The fourth-order valence-corrected chi connectivity index (χ4v) is 3.35. The van der Waals surface area contributed by atoms with Crippen molar-refractivity contribution in [1.82, 2.24) is 4.90 Å². The summed E-state index contributed by atoms with van der Waals surface area (Å²) in [4.78, 5) is 25.0. The van der Waals surface area contributed by atoms with E-state index in [1.165, 1.54) is 12.8 Å². The van der Waals surface area contributed by atoms with Crippen LogP contribution >= 0.6 is 0 Å². The van der Waals surface area contributed by atoms with Crippen LogP contribution < -0.4 is 0 Å². The zero-order chi connectivity index (χ0) is 13.1. The molecule has 0 bridgehead atoms. The lowest BCUT2D eigenvalue weighted by Gasteiger charge is -2.34. The molecule has 1 aliphatic heterocycles. The van der Waals surface area contributed by atoms with Gasteiger partial charge in [0.15, 0.2) is 0 Å². The molecule has 1 amide bonds. The van der Waals surface area contributed by atoms with Gasteiger partial charge in [-0.25, -0.2) is 0 Å². The first-order chi connectivity index (χ1) is 8.58. The Morgan fingerprint density at radius 3 is 2.33 bits per heavy atom. The summed E-state index contributed by atoms with van der Waals surface area (Å²) in [6.07, 6.45) is 5.33. The van der Waals surface area contributed by atoms with E-state index in [1.54, 1.807) is 0 Å². The van der Waals surface area contributed by atoms with Crippen molar-refractivity contribution in [3.63, 3.8) is 0 Å². The van der Waals surface area contributed by atoms with Crippen molar-refractivity contribution >= 4 is 11.9 Å². The van der Waals surface area contributed by atoms with E-state index >= 15 is 0 Å². The third-order valence-electron chi connectivity index (χ3n) is 4.57. The lowest BCUT2D eigenvalue weighted by atomic mass is 9.91. The summed E-state index contributed by atoms with van der Waals surface area (Å²) >= 11 is 0. The highest BCUT2D eigenvalue weighted by atomic mass is 16.4. The number of piperidine rings is 1. The van der Waals surface area contributed by atoms with Gasteiger partial charge in [-0.15, -0.1) is 0 Å². The van der Waals surface area contributed by atoms with Gasteiger partial charge in [-0.05, 0) is 37.5 Å². The van der Waals surface area contributed by atoms with Gasteiger partial charge in [0.25, 0.3) is 0 Å². The largest absolute Gasteiger partial charge is 0.481 e. The maximum absolute atomic E-state index is 12.3. The van der Waals surface area contributed by atoms with E-state index in [1.807, 2.05) is 4.90 Å². The van der Waals surface area contributed by atoms with Crippen LogP contribution in [0.3, 0.4) is 0 Å². The summed E-state index contributed by atoms with van der Waals surface area (Å²) in [5.74, 6) is 0.598. The summed E-state index contributed by atoms with van der Waals surface area (Å²) in [6.45, 7) is 3.67. The molecule has 2 unspecified atom stereocenters. The zero-order valence-electron chi connectivity index (χ0n) is 11.1. The van der Waals surface area contributed by atoms with Gasteiger partial charge in [-0.1, -0.05) is 13.3 Å². The van der Waals surface area contributed by atoms with Crippen molar-refractivity contribution < 1.29 is 14.7 Å². The van der Waals surface area contributed by atoms with Gasteiger partial charge >= 0.3 is 5.97 Å². The molecule has 2 fully saturated rings. The molecular weight excluding hydrogens is 230 g/mol. The smallest absolute Gasteiger partial charge is 0.303 e. The maximum atomic E-state index is 12.3. The normalized spacial score (nSPS) is 29.5. The van der Waals surface area contributed by atoms with Crippen LogP contribution in [-0.2, 0) is 9.59 Å². The fraction of sp³-hybridized carbons (Fsp3) is 0.857. The van der Waals surface area contributed by atoms with E-state index in [0.717, 1.165) is 32.4 Å². The van der Waals surface area contributed by atoms with Gasteiger partial charge in [0.05, 0.1) is 0 Å². The van der Waals surface area contributed by atoms with Crippen LogP contribution in [0.1, 0.15) is 45.4 Å². The molecule has 1 heterocycles. The lowest BCUT2D eigenvalue weighted by Crippen LogP contribution is -2.42. The van der Waals surface area contributed by atoms with Crippen LogP contribution in [0.2, 0.25) is 0 Å². The molecule has 0 spiro atoms. The molecule has 0 aromatic heterocycles. The van der Waals surface area contributed by atoms with E-state index in [0.29, 0.717) is 11.8 Å². The van der Waals surface area contributed by atoms with Crippen molar-refractivity contribution in [2.24, 2.45) is 17.8 Å². The Labute approximate surface area is 108 Å². The number of hydrogen-bond acceptors (Lipinski definition) is 2. The van der Waals surface area contributed by atoms with Gasteiger partial charge in [-0.2, -0.15) is 0 Å². The molecule has 4 nitrogen and oxygen atoms in total. The highest BCUT2D eigenvalue weighted by Gasteiger charge is 2.34. The molecule has 2 atom stereocenters. The Bertz CT molecular complexity index is 321. The molecule has 1 N–H and O–H groups in total. The minimum atomic E-state index is -0.718. The monoisotopic (exact) mass is 253 g/mol. The molecule has 1 saturated carbocycles. The number of likely N-dealkylation sites (tertiary alicyclic amines) is 1. The average Bonchev–Trinajstić information content (AvgIpc) is 2.75. The molecule has 0 aromatic carbocycles. The van der Waals surface area contributed by atoms with E-state index in [-0.39, 0.29) is 18.3 Å². The average molecular weight is 253 g/mol. The van der Waals surface area contributed by atoms with Crippen molar-refractivity contribution in [2.75, 3.05) is 13.1 Å². The Morgan fingerprint density at radius 2 is 1.83 bits per heavy atom. The van der Waals surface area contributed by atoms with Crippen LogP contribution in [-0.4, -0.2) is 35.0 Å². The van der Waals surface area contributed by atoms with E-state index in [2.05, 4.69) is 6.92 Å². The molecular formula is C14H23NO3. The SMILES string of the molecule is CC1CCCC1C(=O)N1CCC(CC(=O)O)CC1. The molecule has 0 aromatic rings. The van der Waals surface area contributed by atoms with Crippen molar-refractivity contribution in [3.8, 4) is 0 Å². The number of amides is 1. The Hall–Kier alpha value is -1.06. The summed E-state index contributed by atoms with van der Waals surface area (Å²) in [5, 5.41) is 8.77. The van der Waals surface area contributed by atoms with E-state index in [4.69, 9.17) is 5.11 Å². The van der Waals surface area contributed by atoms with Crippen LogP contribution in [0.15, 0.2) is 0 Å². The minimum Gasteiger partial charge on any atom is -0.481 e. The van der Waals surface area contributed by atoms with Crippen LogP contribution in [0.25, 0.3) is 0 Å². The predicted octanol–water partition coefficient (Wildman–Crippen LogP) is 2.14. The molecule has 18 heavy (non-hydrogen) atoms. The highest BCUT2D eigenvalue weighted by Crippen LogP contribution is 2.33. The van der Waals surface area contributed by atoms with Gasteiger partial charge < -0.3 is 10.0 Å². The van der Waals surface area contributed by atoms with Crippen molar-refractivity contribution in [3.05, 3.63) is 0 Å². The Morgan fingerprint density at radius 1 is 1.17 bits per heavy atom. The molecule has 2 aliphatic rings. The Kier molecular flexibility index (Phi) is 4.25. The van der Waals surface area contributed by atoms with Gasteiger partial charge in [0.1, 0.15) is 0 Å². The number of hydrogen-bond donors (Lipinski definition) is 1. The first-order valence-corrected chi connectivity index (χ1v) is 7.08. The minimum absolute atomic E-state index is 0.223. The summed E-state index contributed by atoms with van der Waals surface area (Å²) in [6, 6.07) is 0. The van der Waals surface area contributed by atoms with Gasteiger partial charge in [-0.3, -0.25) is 9.59 Å². The second-order valence-electron chi connectivity index (χ2n) is 5.88. The number of carbonyl (C=O) groups excluding carboxylic acids is 1. The molecule has 4 heteroatoms. The summed E-state index contributed by atoms with van der Waals surface area (Å²) in [5.41, 5.74) is 0. The van der Waals surface area contributed by atoms with Crippen LogP contribution in [0, 0.1) is 17.8 Å². The molecule has 102 valence electrons. The maximum Gasteiger partial charge on any atom is 0.303 e. The quantitative estimate of drug-likeness (QED) is 0.838. The topological polar surface area (TPSA) is 57.6 Å². The van der Waals surface area contributed by atoms with Gasteiger partial charge in [0, 0.05) is 25.4 Å². The Balaban J connectivity index is 1.82. The lowest BCUT2D eigenvalue weighted by molar-refractivity contribution is -0.139. The first kappa shape index (κ1) is 13.4. The van der Waals surface area contributed by atoms with E-state index in [9.17, 15) is 9.59 Å². The highest BCUT2D eigenvalue weighted by molar-refractivity contribution is 5.79. The first-order valence-electron chi connectivity index (χ1n) is 7.08. The van der Waals surface area contributed by atoms with Crippen molar-refractivity contribution in [2.45, 2.75) is 45.4 Å². The van der Waals surface area contributed by atoms with Crippen LogP contribution in [0.5, 0.6) is 0 Å². The number of aliphatic carboxylic acids is 1. The third-order valence-corrected chi connectivity index (χ3v) is 4.57. The predicted molar refractivity (Wildman–Crippen MR) is 68.1 cm³/mol. The standard InChI is InChI=1S/C14H23NO3/c1-10-3-2-4-12(10)14(18)15-7-5-11(6-8-15)9-13(16)17/h10-12H,2-9H2,1H3,(H,16,17). The molecule has 2 rings (SSSR count). The molecule has 1 saturated heterocycles. The number of carboxylic acids is 1. The molecule has 0 radical (unpaired) electrons. The molecule has 1 aliphatic carbocycles. The fourth-order valence-electron chi connectivity index (χ4n) is 3.35. The van der Waals surface area contributed by atoms with Crippen LogP contribution in [0.4, 0.5) is 0 Å². The second-order valence-corrected chi connectivity index (χ2v) is 5.88.